The third kappa shape index (κ3) is 3.31. The second-order valence-corrected chi connectivity index (χ2v) is 7.12. The van der Waals surface area contributed by atoms with Gasteiger partial charge < -0.3 is 10.1 Å². The van der Waals surface area contributed by atoms with Gasteiger partial charge in [0.1, 0.15) is 5.69 Å². The maximum Gasteiger partial charge on any atom is 0.276 e. The van der Waals surface area contributed by atoms with E-state index in [0.29, 0.717) is 17.8 Å². The van der Waals surface area contributed by atoms with Crippen LogP contribution >= 0.6 is 0 Å². The summed E-state index contributed by atoms with van der Waals surface area (Å²) in [7, 11) is -3.60. The second-order valence-electron chi connectivity index (χ2n) is 5.21. The van der Waals surface area contributed by atoms with E-state index in [1.54, 1.807) is 42.7 Å². The van der Waals surface area contributed by atoms with E-state index >= 15 is 0 Å². The van der Waals surface area contributed by atoms with Crippen LogP contribution in [-0.4, -0.2) is 41.6 Å². The number of fused-ring (bicyclic) bond motifs is 1. The summed E-state index contributed by atoms with van der Waals surface area (Å²) in [6.07, 6.45) is 4.14. The number of amides is 1. The van der Waals surface area contributed by atoms with Crippen LogP contribution in [0, 0.1) is 0 Å². The van der Waals surface area contributed by atoms with Gasteiger partial charge in [-0.15, -0.1) is 0 Å². The van der Waals surface area contributed by atoms with E-state index in [2.05, 4.69) is 15.3 Å². The van der Waals surface area contributed by atoms with E-state index in [-0.39, 0.29) is 16.7 Å². The van der Waals surface area contributed by atoms with Gasteiger partial charge in [-0.05, 0) is 31.2 Å². The Morgan fingerprint density at radius 1 is 1.28 bits per heavy atom. The normalized spacial score (nSPS) is 11.4. The van der Waals surface area contributed by atoms with Crippen molar-refractivity contribution in [3.8, 4) is 5.88 Å². The van der Waals surface area contributed by atoms with E-state index in [1.165, 1.54) is 4.40 Å². The third-order valence-corrected chi connectivity index (χ3v) is 4.31. The minimum atomic E-state index is -3.60. The first-order chi connectivity index (χ1) is 11.9. The zero-order chi connectivity index (χ0) is 18.0. The summed E-state index contributed by atoms with van der Waals surface area (Å²) in [5, 5.41) is 2.48. The molecule has 3 aromatic heterocycles. The second kappa shape index (κ2) is 6.52. The van der Waals surface area contributed by atoms with Crippen molar-refractivity contribution >= 4 is 26.9 Å². The van der Waals surface area contributed by atoms with Gasteiger partial charge in [-0.25, -0.2) is 18.4 Å². The lowest BCUT2D eigenvalue weighted by Crippen LogP contribution is -2.14. The Bertz CT molecular complexity index is 1040. The number of nitrogens with zero attached hydrogens (tertiary/aromatic N) is 3. The van der Waals surface area contributed by atoms with Crippen molar-refractivity contribution < 1.29 is 17.9 Å². The molecule has 0 radical (unpaired) electrons. The Kier molecular flexibility index (Phi) is 4.41. The lowest BCUT2D eigenvalue weighted by molar-refractivity contribution is 0.102. The van der Waals surface area contributed by atoms with Gasteiger partial charge in [0, 0.05) is 18.6 Å². The Labute approximate surface area is 144 Å². The van der Waals surface area contributed by atoms with Crippen LogP contribution in [-0.2, 0) is 9.84 Å². The number of pyridine rings is 2. The molecule has 0 aliphatic rings. The molecule has 0 atom stereocenters. The number of rotatable bonds is 5. The van der Waals surface area contributed by atoms with Crippen LogP contribution in [0.3, 0.4) is 0 Å². The molecule has 0 aromatic carbocycles. The highest BCUT2D eigenvalue weighted by Crippen LogP contribution is 2.23. The number of imidazole rings is 1. The largest absolute Gasteiger partial charge is 0.476 e. The lowest BCUT2D eigenvalue weighted by Gasteiger charge is -2.09. The van der Waals surface area contributed by atoms with Gasteiger partial charge in [0.2, 0.25) is 20.9 Å². The molecule has 0 saturated carbocycles. The van der Waals surface area contributed by atoms with E-state index in [0.717, 1.165) is 6.26 Å². The molecular weight excluding hydrogens is 344 g/mol. The molecule has 0 aliphatic carbocycles. The molecule has 0 saturated heterocycles. The molecule has 0 aliphatic heterocycles. The molecular formula is C16H16N4O4S. The summed E-state index contributed by atoms with van der Waals surface area (Å²) in [6.45, 7) is 2.20. The monoisotopic (exact) mass is 360 g/mol. The Balaban J connectivity index is 2.04. The number of hydrogen-bond acceptors (Lipinski definition) is 6. The van der Waals surface area contributed by atoms with Gasteiger partial charge in [-0.3, -0.25) is 9.20 Å². The summed E-state index contributed by atoms with van der Waals surface area (Å²) in [6, 6.07) is 8.30. The average Bonchev–Trinajstić information content (AvgIpc) is 2.97. The Hall–Kier alpha value is -2.94. The number of ether oxygens (including phenoxy) is 1. The smallest absolute Gasteiger partial charge is 0.276 e. The van der Waals surface area contributed by atoms with E-state index < -0.39 is 15.7 Å². The maximum atomic E-state index is 12.7. The molecule has 25 heavy (non-hydrogen) atoms. The SMILES string of the molecule is CCOc1ncccc1NC(=O)c1nc(S(C)(=O)=O)n2ccccc12. The number of nitrogens with one attached hydrogen (secondary N) is 1. The predicted molar refractivity (Wildman–Crippen MR) is 91.7 cm³/mol. The fourth-order valence-corrected chi connectivity index (χ4v) is 3.13. The average molecular weight is 360 g/mol. The fourth-order valence-electron chi connectivity index (χ4n) is 2.36. The van der Waals surface area contributed by atoms with Gasteiger partial charge in [0.05, 0.1) is 12.1 Å². The molecule has 8 nitrogen and oxygen atoms in total. The van der Waals surface area contributed by atoms with Gasteiger partial charge in [-0.2, -0.15) is 0 Å². The topological polar surface area (TPSA) is 103 Å². The number of anilines is 1. The highest BCUT2D eigenvalue weighted by molar-refractivity contribution is 7.90. The quantitative estimate of drug-likeness (QED) is 0.744. The Morgan fingerprint density at radius 3 is 2.80 bits per heavy atom. The van der Waals surface area contributed by atoms with Crippen LogP contribution in [0.5, 0.6) is 5.88 Å². The zero-order valence-corrected chi connectivity index (χ0v) is 14.4. The molecule has 3 heterocycles. The highest BCUT2D eigenvalue weighted by atomic mass is 32.2. The van der Waals surface area contributed by atoms with E-state index in [4.69, 9.17) is 4.74 Å². The van der Waals surface area contributed by atoms with Crippen molar-refractivity contribution in [2.24, 2.45) is 0 Å². The molecule has 0 spiro atoms. The van der Waals surface area contributed by atoms with Crippen molar-refractivity contribution in [1.29, 1.82) is 0 Å². The molecule has 9 heteroatoms. The predicted octanol–water partition coefficient (Wildman–Crippen LogP) is 1.78. The first-order valence-corrected chi connectivity index (χ1v) is 9.37. The van der Waals surface area contributed by atoms with Crippen molar-refractivity contribution in [3.63, 3.8) is 0 Å². The van der Waals surface area contributed by atoms with Crippen LogP contribution in [0.1, 0.15) is 17.4 Å². The number of hydrogen-bond donors (Lipinski definition) is 1. The van der Waals surface area contributed by atoms with Crippen LogP contribution in [0.4, 0.5) is 5.69 Å². The number of carbonyl (C=O) groups is 1. The molecule has 1 N–H and O–H groups in total. The lowest BCUT2D eigenvalue weighted by atomic mass is 10.3. The number of aromatic nitrogens is 3. The summed E-state index contributed by atoms with van der Waals surface area (Å²) in [5.74, 6) is -0.266. The Morgan fingerprint density at radius 2 is 2.08 bits per heavy atom. The van der Waals surface area contributed by atoms with E-state index in [1.807, 2.05) is 6.92 Å². The standard InChI is InChI=1S/C16H16N4O4S/c1-3-24-15-11(7-6-9-17-15)18-14(21)13-12-8-4-5-10-20(12)16(19-13)25(2,22)23/h4-10H,3H2,1-2H3,(H,18,21). The highest BCUT2D eigenvalue weighted by Gasteiger charge is 2.23. The van der Waals surface area contributed by atoms with Crippen LogP contribution in [0.15, 0.2) is 47.9 Å². The first-order valence-electron chi connectivity index (χ1n) is 7.48. The van der Waals surface area contributed by atoms with Crippen LogP contribution < -0.4 is 10.1 Å². The van der Waals surface area contributed by atoms with Crippen LogP contribution in [0.25, 0.3) is 5.52 Å². The molecule has 3 rings (SSSR count). The fraction of sp³-hybridized carbons (Fsp3) is 0.188. The van der Waals surface area contributed by atoms with Crippen molar-refractivity contribution in [3.05, 3.63) is 48.4 Å². The molecule has 0 bridgehead atoms. The van der Waals surface area contributed by atoms with Crippen LogP contribution in [0.2, 0.25) is 0 Å². The maximum absolute atomic E-state index is 12.7. The van der Waals surface area contributed by atoms with Crippen molar-refractivity contribution in [1.82, 2.24) is 14.4 Å². The minimum absolute atomic E-state index is 0.00678. The number of carbonyl (C=O) groups excluding carboxylic acids is 1. The summed E-state index contributed by atoms with van der Waals surface area (Å²) < 4.78 is 30.6. The van der Waals surface area contributed by atoms with Crippen molar-refractivity contribution in [2.75, 3.05) is 18.2 Å². The van der Waals surface area contributed by atoms with Gasteiger partial charge in [-0.1, -0.05) is 6.07 Å². The molecule has 0 fully saturated rings. The van der Waals surface area contributed by atoms with Gasteiger partial charge in [0.15, 0.2) is 5.69 Å². The molecule has 130 valence electrons. The van der Waals surface area contributed by atoms with Gasteiger partial charge in [0.25, 0.3) is 5.91 Å². The first kappa shape index (κ1) is 16.9. The summed E-state index contributed by atoms with van der Waals surface area (Å²) in [5.41, 5.74) is 0.780. The zero-order valence-electron chi connectivity index (χ0n) is 13.6. The minimum Gasteiger partial charge on any atom is -0.476 e. The molecule has 1 amide bonds. The van der Waals surface area contributed by atoms with E-state index in [9.17, 15) is 13.2 Å². The summed E-state index contributed by atoms with van der Waals surface area (Å²) in [4.78, 5) is 20.8. The molecule has 3 aromatic rings. The van der Waals surface area contributed by atoms with Crippen molar-refractivity contribution in [2.45, 2.75) is 12.1 Å². The summed E-state index contributed by atoms with van der Waals surface area (Å²) >= 11 is 0. The third-order valence-electron chi connectivity index (χ3n) is 3.36. The van der Waals surface area contributed by atoms with Gasteiger partial charge >= 0.3 is 0 Å². The molecule has 0 unspecified atom stereocenters. The number of sulfone groups is 1.